The van der Waals surface area contributed by atoms with Crippen molar-refractivity contribution in [3.63, 3.8) is 0 Å². The zero-order valence-electron chi connectivity index (χ0n) is 15.9. The summed E-state index contributed by atoms with van der Waals surface area (Å²) in [5, 5.41) is 9.71. The minimum absolute atomic E-state index is 0.147. The van der Waals surface area contributed by atoms with E-state index in [1.807, 2.05) is 53.4 Å². The van der Waals surface area contributed by atoms with Crippen molar-refractivity contribution in [3.05, 3.63) is 70.8 Å². The van der Waals surface area contributed by atoms with Gasteiger partial charge in [0.25, 0.3) is 5.91 Å². The molecule has 0 atom stereocenters. The monoisotopic (exact) mass is 430 g/mol. The average molecular weight is 431 g/mol. The first kappa shape index (κ1) is 21.4. The lowest BCUT2D eigenvalue weighted by atomic mass is 10.1. The number of hydroxylamine groups is 1. The van der Waals surface area contributed by atoms with E-state index in [1.165, 1.54) is 6.08 Å². The van der Waals surface area contributed by atoms with Crippen molar-refractivity contribution in [2.45, 2.75) is 29.4 Å². The van der Waals surface area contributed by atoms with Gasteiger partial charge in [0.15, 0.2) is 0 Å². The summed E-state index contributed by atoms with van der Waals surface area (Å²) in [6, 6.07) is 15.3. The lowest BCUT2D eigenvalue weighted by Crippen LogP contribution is -2.40. The highest BCUT2D eigenvalue weighted by Gasteiger charge is 2.24. The van der Waals surface area contributed by atoms with Gasteiger partial charge in [-0.3, -0.25) is 14.8 Å². The fraction of sp³-hybridized carbons (Fsp3) is 0.273. The van der Waals surface area contributed by atoms with Gasteiger partial charge in [-0.2, -0.15) is 0 Å². The Morgan fingerprint density at radius 2 is 1.83 bits per heavy atom. The minimum atomic E-state index is -0.558. The molecule has 1 aliphatic rings. The molecule has 0 saturated carbocycles. The molecule has 7 heteroatoms. The molecule has 1 fully saturated rings. The van der Waals surface area contributed by atoms with Crippen molar-refractivity contribution in [3.8, 4) is 0 Å². The zero-order chi connectivity index (χ0) is 20.6. The number of nitrogens with zero attached hydrogens (tertiary/aromatic N) is 1. The van der Waals surface area contributed by atoms with E-state index in [-0.39, 0.29) is 5.91 Å². The molecular formula is C22H23ClN2O3S. The van der Waals surface area contributed by atoms with Gasteiger partial charge in [-0.25, -0.2) is 5.48 Å². The summed E-state index contributed by atoms with van der Waals surface area (Å²) in [6.45, 7) is 1.49. The fourth-order valence-corrected chi connectivity index (χ4v) is 4.58. The molecule has 152 valence electrons. The standard InChI is InChI=1S/C22H23ClN2O3S/c23-18-8-5-16(6-9-18)15-22(27)25-13-11-19(12-14-25)29-20-4-2-1-3-17(20)7-10-21(26)24-28/h1-10,19,28H,11-15H2,(H,24,26)/b10-7+. The molecule has 3 rings (SSSR count). The van der Waals surface area contributed by atoms with E-state index >= 15 is 0 Å². The van der Waals surface area contributed by atoms with Crippen molar-refractivity contribution < 1.29 is 14.8 Å². The highest BCUT2D eigenvalue weighted by molar-refractivity contribution is 8.00. The minimum Gasteiger partial charge on any atom is -0.342 e. The van der Waals surface area contributed by atoms with Crippen LogP contribution in [0.5, 0.6) is 0 Å². The van der Waals surface area contributed by atoms with Crippen molar-refractivity contribution in [2.24, 2.45) is 0 Å². The van der Waals surface area contributed by atoms with Crippen LogP contribution in [0, 0.1) is 0 Å². The molecule has 0 radical (unpaired) electrons. The molecule has 1 heterocycles. The summed E-state index contributed by atoms with van der Waals surface area (Å²) < 4.78 is 0. The predicted molar refractivity (Wildman–Crippen MR) is 116 cm³/mol. The Balaban J connectivity index is 1.53. The molecule has 2 aromatic rings. The van der Waals surface area contributed by atoms with Crippen LogP contribution in [0.3, 0.4) is 0 Å². The smallest absolute Gasteiger partial charge is 0.267 e. The summed E-state index contributed by atoms with van der Waals surface area (Å²) in [5.41, 5.74) is 3.50. The van der Waals surface area contributed by atoms with Crippen molar-refractivity contribution in [2.75, 3.05) is 13.1 Å². The number of hydrogen-bond acceptors (Lipinski definition) is 4. The molecule has 0 spiro atoms. The van der Waals surface area contributed by atoms with Crippen LogP contribution in [-0.2, 0) is 16.0 Å². The van der Waals surface area contributed by atoms with Crippen LogP contribution in [0.25, 0.3) is 6.08 Å². The second kappa shape index (κ2) is 10.5. The molecule has 5 nitrogen and oxygen atoms in total. The van der Waals surface area contributed by atoms with Gasteiger partial charge in [0.1, 0.15) is 0 Å². The van der Waals surface area contributed by atoms with E-state index in [9.17, 15) is 9.59 Å². The summed E-state index contributed by atoms with van der Waals surface area (Å²) in [5.74, 6) is -0.411. The van der Waals surface area contributed by atoms with Gasteiger partial charge in [0, 0.05) is 34.3 Å². The number of rotatable bonds is 6. The molecule has 1 aliphatic heterocycles. The Morgan fingerprint density at radius 1 is 1.14 bits per heavy atom. The van der Waals surface area contributed by atoms with Crippen molar-refractivity contribution in [1.82, 2.24) is 10.4 Å². The zero-order valence-corrected chi connectivity index (χ0v) is 17.5. The molecule has 0 aromatic heterocycles. The van der Waals surface area contributed by atoms with Gasteiger partial charge in [-0.15, -0.1) is 11.8 Å². The second-order valence-corrected chi connectivity index (χ2v) is 8.63. The largest absolute Gasteiger partial charge is 0.342 e. The number of amides is 2. The topological polar surface area (TPSA) is 69.6 Å². The number of piperidine rings is 1. The second-order valence-electron chi connectivity index (χ2n) is 6.85. The number of halogens is 1. The molecular weight excluding hydrogens is 408 g/mol. The molecule has 2 N–H and O–H groups in total. The Labute approximate surface area is 179 Å². The van der Waals surface area contributed by atoms with Crippen molar-refractivity contribution in [1.29, 1.82) is 0 Å². The van der Waals surface area contributed by atoms with Gasteiger partial charge < -0.3 is 4.90 Å². The lowest BCUT2D eigenvalue weighted by Gasteiger charge is -2.32. The van der Waals surface area contributed by atoms with E-state index in [1.54, 1.807) is 23.3 Å². The number of carbonyl (C=O) groups is 2. The molecule has 0 aliphatic carbocycles. The number of hydrogen-bond donors (Lipinski definition) is 2. The molecule has 0 unspecified atom stereocenters. The van der Waals surface area contributed by atoms with Crippen LogP contribution in [0.1, 0.15) is 24.0 Å². The summed E-state index contributed by atoms with van der Waals surface area (Å²) in [4.78, 5) is 26.8. The van der Waals surface area contributed by atoms with Gasteiger partial charge >= 0.3 is 0 Å². The molecule has 2 amide bonds. The summed E-state index contributed by atoms with van der Waals surface area (Å²) >= 11 is 7.67. The third-order valence-electron chi connectivity index (χ3n) is 4.80. The lowest BCUT2D eigenvalue weighted by molar-refractivity contribution is -0.131. The molecule has 29 heavy (non-hydrogen) atoms. The highest BCUT2D eigenvalue weighted by atomic mass is 35.5. The van der Waals surface area contributed by atoms with Crippen LogP contribution >= 0.6 is 23.4 Å². The van der Waals surface area contributed by atoms with Crippen LogP contribution in [0.15, 0.2) is 59.5 Å². The predicted octanol–water partition coefficient (Wildman–Crippen LogP) is 4.18. The number of likely N-dealkylation sites (tertiary alicyclic amines) is 1. The van der Waals surface area contributed by atoms with Gasteiger partial charge in [0.2, 0.25) is 5.91 Å². The van der Waals surface area contributed by atoms with Crippen molar-refractivity contribution >= 4 is 41.3 Å². The number of thioether (sulfide) groups is 1. The molecule has 1 saturated heterocycles. The van der Waals surface area contributed by atoms with E-state index in [0.29, 0.717) is 16.7 Å². The first-order valence-corrected chi connectivity index (χ1v) is 10.7. The molecule has 2 aromatic carbocycles. The fourth-order valence-electron chi connectivity index (χ4n) is 3.22. The maximum atomic E-state index is 12.6. The van der Waals surface area contributed by atoms with Crippen LogP contribution in [0.2, 0.25) is 5.02 Å². The Kier molecular flexibility index (Phi) is 7.75. The van der Waals surface area contributed by atoms with E-state index in [4.69, 9.17) is 16.8 Å². The van der Waals surface area contributed by atoms with Crippen LogP contribution < -0.4 is 5.48 Å². The molecule has 0 bridgehead atoms. The Bertz CT molecular complexity index is 878. The highest BCUT2D eigenvalue weighted by Crippen LogP contribution is 2.33. The van der Waals surface area contributed by atoms with Gasteiger partial charge in [0.05, 0.1) is 6.42 Å². The van der Waals surface area contributed by atoms with Gasteiger partial charge in [-0.1, -0.05) is 41.9 Å². The number of nitrogens with one attached hydrogen (secondary N) is 1. The average Bonchev–Trinajstić information content (AvgIpc) is 2.75. The number of carbonyl (C=O) groups excluding carboxylic acids is 2. The first-order valence-electron chi connectivity index (χ1n) is 9.45. The maximum Gasteiger partial charge on any atom is 0.267 e. The Hall–Kier alpha value is -2.28. The van der Waals surface area contributed by atoms with Crippen LogP contribution in [-0.4, -0.2) is 40.3 Å². The third kappa shape index (κ3) is 6.35. The normalized spacial score (nSPS) is 14.9. The number of benzene rings is 2. The Morgan fingerprint density at radius 3 is 2.52 bits per heavy atom. The quantitative estimate of drug-likeness (QED) is 0.409. The van der Waals surface area contributed by atoms with Gasteiger partial charge in [-0.05, 0) is 48.2 Å². The summed E-state index contributed by atoms with van der Waals surface area (Å²) in [7, 11) is 0. The first-order chi connectivity index (χ1) is 14.0. The third-order valence-corrected chi connectivity index (χ3v) is 6.48. The van der Waals surface area contributed by atoms with E-state index in [2.05, 4.69) is 0 Å². The summed E-state index contributed by atoms with van der Waals surface area (Å²) in [6.07, 6.45) is 5.24. The van der Waals surface area contributed by atoms with Crippen LogP contribution in [0.4, 0.5) is 0 Å². The van der Waals surface area contributed by atoms with E-state index in [0.717, 1.165) is 42.0 Å². The SMILES string of the molecule is O=C(/C=C/c1ccccc1SC1CCN(C(=O)Cc2ccc(Cl)cc2)CC1)NO. The van der Waals surface area contributed by atoms with E-state index < -0.39 is 5.91 Å². The maximum absolute atomic E-state index is 12.6.